The third kappa shape index (κ3) is 2.08. The Kier molecular flexibility index (Phi) is 3.07. The monoisotopic (exact) mass is 216 g/mol. The van der Waals surface area contributed by atoms with Gasteiger partial charge in [0.25, 0.3) is 0 Å². The van der Waals surface area contributed by atoms with Crippen molar-refractivity contribution in [3.63, 3.8) is 0 Å². The largest absolute Gasteiger partial charge is 0.291 e. The zero-order chi connectivity index (χ0) is 10.0. The van der Waals surface area contributed by atoms with E-state index in [1.54, 1.807) is 12.1 Å². The molecule has 0 N–H and O–H groups in total. The minimum atomic E-state index is -0.618. The number of Topliss-reactive ketones (excluding diaryl/α,β-unsaturated/α-hetero) is 2. The van der Waals surface area contributed by atoms with Crippen molar-refractivity contribution in [1.82, 2.24) is 0 Å². The highest BCUT2D eigenvalue weighted by molar-refractivity contribution is 6.50. The maximum absolute atomic E-state index is 11.2. The molecule has 0 unspecified atom stereocenters. The second-order valence-electron chi connectivity index (χ2n) is 2.49. The molecule has 0 aliphatic heterocycles. The Labute approximate surface area is 85.5 Å². The molecule has 1 aromatic carbocycles. The van der Waals surface area contributed by atoms with Crippen LogP contribution in [-0.2, 0) is 4.79 Å². The Bertz CT molecular complexity index is 372. The maximum atomic E-state index is 11.2. The summed E-state index contributed by atoms with van der Waals surface area (Å²) >= 11 is 11.4. The standard InChI is InChI=1S/C9H6Cl2O2/c1-5(12)9(13)6-3-2-4-7(10)8(6)11/h2-4H,1H3. The zero-order valence-corrected chi connectivity index (χ0v) is 8.32. The first-order chi connectivity index (χ1) is 6.04. The number of ketones is 2. The molecule has 0 aliphatic rings. The van der Waals surface area contributed by atoms with Gasteiger partial charge in [0, 0.05) is 12.5 Å². The molecule has 0 fully saturated rings. The molecule has 68 valence electrons. The number of carbonyl (C=O) groups excluding carboxylic acids is 2. The smallest absolute Gasteiger partial charge is 0.229 e. The van der Waals surface area contributed by atoms with Crippen molar-refractivity contribution in [3.05, 3.63) is 33.8 Å². The quantitative estimate of drug-likeness (QED) is 0.563. The van der Waals surface area contributed by atoms with E-state index in [0.29, 0.717) is 0 Å². The highest BCUT2D eigenvalue weighted by Gasteiger charge is 2.15. The van der Waals surface area contributed by atoms with Crippen molar-refractivity contribution < 1.29 is 9.59 Å². The van der Waals surface area contributed by atoms with Crippen LogP contribution >= 0.6 is 23.2 Å². The van der Waals surface area contributed by atoms with Crippen molar-refractivity contribution in [2.75, 3.05) is 0 Å². The van der Waals surface area contributed by atoms with Gasteiger partial charge in [0.15, 0.2) is 5.78 Å². The fraction of sp³-hybridized carbons (Fsp3) is 0.111. The molecule has 0 bridgehead atoms. The molecule has 1 aromatic rings. The van der Waals surface area contributed by atoms with Crippen LogP contribution in [-0.4, -0.2) is 11.6 Å². The fourth-order valence-electron chi connectivity index (χ4n) is 0.869. The lowest BCUT2D eigenvalue weighted by atomic mass is 10.1. The lowest BCUT2D eigenvalue weighted by Crippen LogP contribution is -2.10. The highest BCUT2D eigenvalue weighted by atomic mass is 35.5. The Morgan fingerprint density at radius 3 is 2.38 bits per heavy atom. The van der Waals surface area contributed by atoms with Crippen LogP contribution in [0.15, 0.2) is 18.2 Å². The molecule has 0 atom stereocenters. The van der Waals surface area contributed by atoms with Crippen LogP contribution in [0.1, 0.15) is 17.3 Å². The summed E-state index contributed by atoms with van der Waals surface area (Å²) in [4.78, 5) is 22.0. The zero-order valence-electron chi connectivity index (χ0n) is 6.80. The average Bonchev–Trinajstić information content (AvgIpc) is 2.08. The Morgan fingerprint density at radius 1 is 1.23 bits per heavy atom. The molecule has 1 rings (SSSR count). The molecule has 0 aliphatic carbocycles. The van der Waals surface area contributed by atoms with E-state index in [1.165, 1.54) is 13.0 Å². The minimum Gasteiger partial charge on any atom is -0.291 e. The lowest BCUT2D eigenvalue weighted by molar-refractivity contribution is -0.113. The van der Waals surface area contributed by atoms with Gasteiger partial charge in [-0.1, -0.05) is 29.3 Å². The number of rotatable bonds is 2. The van der Waals surface area contributed by atoms with Crippen LogP contribution < -0.4 is 0 Å². The van der Waals surface area contributed by atoms with Gasteiger partial charge >= 0.3 is 0 Å². The average molecular weight is 217 g/mol. The van der Waals surface area contributed by atoms with E-state index in [-0.39, 0.29) is 15.6 Å². The summed E-state index contributed by atoms with van der Waals surface area (Å²) in [5.41, 5.74) is 0.154. The SMILES string of the molecule is CC(=O)C(=O)c1cccc(Cl)c1Cl. The summed E-state index contributed by atoms with van der Waals surface area (Å²) < 4.78 is 0. The fourth-order valence-corrected chi connectivity index (χ4v) is 1.26. The van der Waals surface area contributed by atoms with Gasteiger partial charge in [-0.15, -0.1) is 0 Å². The topological polar surface area (TPSA) is 34.1 Å². The predicted molar refractivity (Wildman–Crippen MR) is 51.5 cm³/mol. The molecule has 2 nitrogen and oxygen atoms in total. The molecule has 0 saturated heterocycles. The van der Waals surface area contributed by atoms with Gasteiger partial charge in [0.1, 0.15) is 0 Å². The van der Waals surface area contributed by atoms with Crippen molar-refractivity contribution in [3.8, 4) is 0 Å². The Balaban J connectivity index is 3.23. The van der Waals surface area contributed by atoms with Crippen molar-refractivity contribution in [2.45, 2.75) is 6.92 Å². The molecule has 0 amide bonds. The van der Waals surface area contributed by atoms with Crippen LogP contribution in [0.3, 0.4) is 0 Å². The maximum Gasteiger partial charge on any atom is 0.229 e. The predicted octanol–water partition coefficient (Wildman–Crippen LogP) is 2.77. The molecular formula is C9H6Cl2O2. The van der Waals surface area contributed by atoms with E-state index in [0.717, 1.165) is 0 Å². The second kappa shape index (κ2) is 3.90. The summed E-state index contributed by atoms with van der Waals surface area (Å²) in [5.74, 6) is -1.17. The van der Waals surface area contributed by atoms with Crippen LogP contribution in [0.2, 0.25) is 10.0 Å². The van der Waals surface area contributed by atoms with Gasteiger partial charge in [0.05, 0.1) is 10.0 Å². The summed E-state index contributed by atoms with van der Waals surface area (Å²) in [6, 6.07) is 4.60. The van der Waals surface area contributed by atoms with Gasteiger partial charge in [-0.25, -0.2) is 0 Å². The number of hydrogen-bond acceptors (Lipinski definition) is 2. The third-order valence-electron chi connectivity index (χ3n) is 1.52. The summed E-state index contributed by atoms with van der Waals surface area (Å²) in [5, 5.41) is 0.401. The molecule has 0 heterocycles. The van der Waals surface area contributed by atoms with Gasteiger partial charge in [-0.3, -0.25) is 9.59 Å². The van der Waals surface area contributed by atoms with E-state index in [2.05, 4.69) is 0 Å². The Hall–Kier alpha value is -0.860. The van der Waals surface area contributed by atoms with Gasteiger partial charge < -0.3 is 0 Å². The lowest BCUT2D eigenvalue weighted by Gasteiger charge is -2.01. The van der Waals surface area contributed by atoms with Crippen molar-refractivity contribution >= 4 is 34.8 Å². The first-order valence-corrected chi connectivity index (χ1v) is 4.29. The number of hydrogen-bond donors (Lipinski definition) is 0. The summed E-state index contributed by atoms with van der Waals surface area (Å²) in [6.07, 6.45) is 0. The van der Waals surface area contributed by atoms with Crippen LogP contribution in [0, 0.1) is 0 Å². The van der Waals surface area contributed by atoms with E-state index >= 15 is 0 Å². The van der Waals surface area contributed by atoms with Crippen LogP contribution in [0.4, 0.5) is 0 Å². The van der Waals surface area contributed by atoms with Crippen LogP contribution in [0.5, 0.6) is 0 Å². The molecular weight excluding hydrogens is 211 g/mol. The minimum absolute atomic E-state index is 0.129. The van der Waals surface area contributed by atoms with E-state index < -0.39 is 11.6 Å². The Morgan fingerprint density at radius 2 is 1.85 bits per heavy atom. The van der Waals surface area contributed by atoms with E-state index in [9.17, 15) is 9.59 Å². The molecule has 0 aromatic heterocycles. The van der Waals surface area contributed by atoms with Gasteiger partial charge in [-0.05, 0) is 12.1 Å². The van der Waals surface area contributed by atoms with Crippen molar-refractivity contribution in [1.29, 1.82) is 0 Å². The first-order valence-electron chi connectivity index (χ1n) is 3.53. The van der Waals surface area contributed by atoms with E-state index in [1.807, 2.05) is 0 Å². The molecule has 4 heteroatoms. The third-order valence-corrected chi connectivity index (χ3v) is 2.33. The molecule has 0 spiro atoms. The molecule has 0 radical (unpaired) electrons. The summed E-state index contributed by atoms with van der Waals surface area (Å²) in [7, 11) is 0. The molecule has 0 saturated carbocycles. The van der Waals surface area contributed by atoms with Crippen LogP contribution in [0.25, 0.3) is 0 Å². The first kappa shape index (κ1) is 10.2. The highest BCUT2D eigenvalue weighted by Crippen LogP contribution is 2.25. The second-order valence-corrected chi connectivity index (χ2v) is 3.27. The van der Waals surface area contributed by atoms with E-state index in [4.69, 9.17) is 23.2 Å². The number of benzene rings is 1. The normalized spacial score (nSPS) is 9.77. The number of halogens is 2. The van der Waals surface area contributed by atoms with Crippen molar-refractivity contribution in [2.24, 2.45) is 0 Å². The van der Waals surface area contributed by atoms with Gasteiger partial charge in [0.2, 0.25) is 5.78 Å². The summed E-state index contributed by atoms with van der Waals surface area (Å²) in [6.45, 7) is 1.19. The van der Waals surface area contributed by atoms with Gasteiger partial charge in [-0.2, -0.15) is 0 Å². The molecule has 13 heavy (non-hydrogen) atoms. The number of carbonyl (C=O) groups is 2.